The van der Waals surface area contributed by atoms with Gasteiger partial charge in [0.05, 0.1) is 6.04 Å². The van der Waals surface area contributed by atoms with Gasteiger partial charge in [0, 0.05) is 6.54 Å². The van der Waals surface area contributed by atoms with Crippen LogP contribution in [0.2, 0.25) is 0 Å². The number of hydrogen-bond donors (Lipinski definition) is 2. The van der Waals surface area contributed by atoms with E-state index in [9.17, 15) is 4.79 Å². The highest BCUT2D eigenvalue weighted by Crippen LogP contribution is 2.37. The molecule has 2 aliphatic carbocycles. The Morgan fingerprint density at radius 2 is 2.05 bits per heavy atom. The van der Waals surface area contributed by atoms with E-state index in [1.807, 2.05) is 0 Å². The zero-order valence-electron chi connectivity index (χ0n) is 12.9. The molecule has 5 unspecified atom stereocenters. The van der Waals surface area contributed by atoms with Crippen molar-refractivity contribution >= 4 is 5.91 Å². The first kappa shape index (κ1) is 14.4. The molecular formula is C17H30N2O. The van der Waals surface area contributed by atoms with Crippen molar-refractivity contribution in [2.75, 3.05) is 13.1 Å². The third-order valence-electron chi connectivity index (χ3n) is 5.93. The number of nitrogens with one attached hydrogen (secondary N) is 2. The lowest BCUT2D eigenvalue weighted by Crippen LogP contribution is -2.44. The Labute approximate surface area is 123 Å². The highest BCUT2D eigenvalue weighted by molar-refractivity contribution is 5.82. The topological polar surface area (TPSA) is 41.1 Å². The van der Waals surface area contributed by atoms with E-state index in [1.54, 1.807) is 0 Å². The summed E-state index contributed by atoms with van der Waals surface area (Å²) < 4.78 is 0. The summed E-state index contributed by atoms with van der Waals surface area (Å²) in [6, 6.07) is 0.104. The van der Waals surface area contributed by atoms with E-state index in [-0.39, 0.29) is 11.9 Å². The molecule has 2 N–H and O–H groups in total. The SMILES string of the molecule is CC1CCCC(CCNC(=O)C2NCC3CCCC32)C1. The normalized spacial score (nSPS) is 40.5. The molecule has 3 nitrogen and oxygen atoms in total. The predicted octanol–water partition coefficient (Wildman–Crippen LogP) is 2.71. The summed E-state index contributed by atoms with van der Waals surface area (Å²) >= 11 is 0. The molecule has 2 saturated carbocycles. The van der Waals surface area contributed by atoms with Crippen molar-refractivity contribution < 1.29 is 4.79 Å². The first-order valence-electron chi connectivity index (χ1n) is 8.75. The lowest BCUT2D eigenvalue weighted by atomic mass is 9.81. The second-order valence-electron chi connectivity index (χ2n) is 7.46. The van der Waals surface area contributed by atoms with Crippen molar-refractivity contribution in [1.82, 2.24) is 10.6 Å². The number of fused-ring (bicyclic) bond motifs is 1. The summed E-state index contributed by atoms with van der Waals surface area (Å²) in [7, 11) is 0. The Kier molecular flexibility index (Phi) is 4.65. The molecule has 20 heavy (non-hydrogen) atoms. The summed E-state index contributed by atoms with van der Waals surface area (Å²) in [4.78, 5) is 12.3. The van der Waals surface area contributed by atoms with E-state index in [0.29, 0.717) is 5.92 Å². The molecule has 3 heteroatoms. The summed E-state index contributed by atoms with van der Waals surface area (Å²) in [6.45, 7) is 4.31. The van der Waals surface area contributed by atoms with Crippen molar-refractivity contribution in [2.24, 2.45) is 23.7 Å². The number of amides is 1. The smallest absolute Gasteiger partial charge is 0.237 e. The van der Waals surface area contributed by atoms with Crippen molar-refractivity contribution in [3.8, 4) is 0 Å². The molecule has 1 heterocycles. The van der Waals surface area contributed by atoms with Crippen LogP contribution in [-0.2, 0) is 4.79 Å². The van der Waals surface area contributed by atoms with Crippen LogP contribution in [0.1, 0.15) is 58.3 Å². The molecule has 5 atom stereocenters. The van der Waals surface area contributed by atoms with Crippen LogP contribution in [0, 0.1) is 23.7 Å². The van der Waals surface area contributed by atoms with Gasteiger partial charge in [-0.3, -0.25) is 4.79 Å². The van der Waals surface area contributed by atoms with Gasteiger partial charge in [-0.2, -0.15) is 0 Å². The van der Waals surface area contributed by atoms with Crippen molar-refractivity contribution in [1.29, 1.82) is 0 Å². The van der Waals surface area contributed by atoms with Gasteiger partial charge in [-0.05, 0) is 55.9 Å². The van der Waals surface area contributed by atoms with Crippen LogP contribution in [-0.4, -0.2) is 25.0 Å². The molecule has 3 fully saturated rings. The number of carbonyl (C=O) groups is 1. The van der Waals surface area contributed by atoms with Crippen LogP contribution < -0.4 is 10.6 Å². The molecule has 0 radical (unpaired) electrons. The third kappa shape index (κ3) is 3.19. The molecule has 0 aromatic carbocycles. The largest absolute Gasteiger partial charge is 0.355 e. The maximum atomic E-state index is 12.3. The quantitative estimate of drug-likeness (QED) is 0.830. The second kappa shape index (κ2) is 6.46. The lowest BCUT2D eigenvalue weighted by molar-refractivity contribution is -0.123. The Morgan fingerprint density at radius 3 is 2.90 bits per heavy atom. The molecule has 1 saturated heterocycles. The minimum absolute atomic E-state index is 0.104. The van der Waals surface area contributed by atoms with Gasteiger partial charge in [-0.15, -0.1) is 0 Å². The van der Waals surface area contributed by atoms with Crippen LogP contribution >= 0.6 is 0 Å². The fraction of sp³-hybridized carbons (Fsp3) is 0.941. The fourth-order valence-electron chi connectivity index (χ4n) is 4.81. The van der Waals surface area contributed by atoms with E-state index in [1.165, 1.54) is 51.4 Å². The molecule has 1 aliphatic heterocycles. The number of carbonyl (C=O) groups excluding carboxylic acids is 1. The number of rotatable bonds is 4. The monoisotopic (exact) mass is 278 g/mol. The van der Waals surface area contributed by atoms with E-state index in [0.717, 1.165) is 30.8 Å². The third-order valence-corrected chi connectivity index (χ3v) is 5.93. The first-order chi connectivity index (χ1) is 9.74. The van der Waals surface area contributed by atoms with Crippen molar-refractivity contribution in [3.63, 3.8) is 0 Å². The van der Waals surface area contributed by atoms with Gasteiger partial charge in [0.2, 0.25) is 5.91 Å². The van der Waals surface area contributed by atoms with Crippen LogP contribution in [0.15, 0.2) is 0 Å². The minimum atomic E-state index is 0.104. The Bertz CT molecular complexity index is 344. The molecule has 3 rings (SSSR count). The maximum Gasteiger partial charge on any atom is 0.237 e. The number of hydrogen-bond acceptors (Lipinski definition) is 2. The van der Waals surface area contributed by atoms with Gasteiger partial charge in [0.15, 0.2) is 0 Å². The molecule has 0 spiro atoms. The van der Waals surface area contributed by atoms with E-state index in [4.69, 9.17) is 0 Å². The van der Waals surface area contributed by atoms with Crippen molar-refractivity contribution in [3.05, 3.63) is 0 Å². The molecule has 3 aliphatic rings. The van der Waals surface area contributed by atoms with Gasteiger partial charge in [0.1, 0.15) is 0 Å². The molecule has 114 valence electrons. The molecular weight excluding hydrogens is 248 g/mol. The van der Waals surface area contributed by atoms with Crippen LogP contribution in [0.3, 0.4) is 0 Å². The second-order valence-corrected chi connectivity index (χ2v) is 7.46. The minimum Gasteiger partial charge on any atom is -0.355 e. The molecule has 0 aromatic rings. The van der Waals surface area contributed by atoms with Crippen LogP contribution in [0.4, 0.5) is 0 Å². The summed E-state index contributed by atoms with van der Waals surface area (Å²) in [5.41, 5.74) is 0. The summed E-state index contributed by atoms with van der Waals surface area (Å²) in [5.74, 6) is 3.38. The Hall–Kier alpha value is -0.570. The molecule has 1 amide bonds. The zero-order chi connectivity index (χ0) is 13.9. The average Bonchev–Trinajstić information content (AvgIpc) is 3.00. The maximum absolute atomic E-state index is 12.3. The molecule has 0 bridgehead atoms. The first-order valence-corrected chi connectivity index (χ1v) is 8.75. The van der Waals surface area contributed by atoms with Gasteiger partial charge in [-0.1, -0.05) is 32.6 Å². The predicted molar refractivity (Wildman–Crippen MR) is 81.4 cm³/mol. The lowest BCUT2D eigenvalue weighted by Gasteiger charge is -2.27. The van der Waals surface area contributed by atoms with Crippen LogP contribution in [0.25, 0.3) is 0 Å². The molecule has 0 aromatic heterocycles. The fourth-order valence-corrected chi connectivity index (χ4v) is 4.81. The van der Waals surface area contributed by atoms with Gasteiger partial charge < -0.3 is 10.6 Å². The van der Waals surface area contributed by atoms with E-state index in [2.05, 4.69) is 17.6 Å². The Morgan fingerprint density at radius 1 is 1.20 bits per heavy atom. The Balaban J connectivity index is 1.39. The van der Waals surface area contributed by atoms with Gasteiger partial charge >= 0.3 is 0 Å². The standard InChI is InChI=1S/C17H30N2O/c1-12-4-2-5-13(10-12)8-9-18-17(20)16-15-7-3-6-14(15)11-19-16/h12-16,19H,2-11H2,1H3,(H,18,20). The van der Waals surface area contributed by atoms with Crippen LogP contribution in [0.5, 0.6) is 0 Å². The summed E-state index contributed by atoms with van der Waals surface area (Å²) in [6.07, 6.45) is 10.6. The highest BCUT2D eigenvalue weighted by atomic mass is 16.2. The summed E-state index contributed by atoms with van der Waals surface area (Å²) in [5, 5.41) is 6.64. The average molecular weight is 278 g/mol. The van der Waals surface area contributed by atoms with Gasteiger partial charge in [-0.25, -0.2) is 0 Å². The highest BCUT2D eigenvalue weighted by Gasteiger charge is 2.42. The van der Waals surface area contributed by atoms with Gasteiger partial charge in [0.25, 0.3) is 0 Å². The van der Waals surface area contributed by atoms with E-state index < -0.39 is 0 Å². The zero-order valence-corrected chi connectivity index (χ0v) is 12.9. The van der Waals surface area contributed by atoms with Crippen molar-refractivity contribution in [2.45, 2.75) is 64.3 Å². The van der Waals surface area contributed by atoms with E-state index >= 15 is 0 Å².